The van der Waals surface area contributed by atoms with Crippen molar-refractivity contribution in [3.05, 3.63) is 0 Å². The number of hydroxylamine groups is 4. The molecule has 0 unspecified atom stereocenters. The molecule has 0 aromatic rings. The monoisotopic (exact) mass is 667 g/mol. The molecule has 2 saturated heterocycles. The molecular formula is C39H74N2O6. The number of carbonyl (C=O) groups is 2. The van der Waals surface area contributed by atoms with Gasteiger partial charge in [-0.2, -0.15) is 10.1 Å². The molecule has 2 aliphatic rings. The first-order chi connectivity index (χ1) is 22.0. The van der Waals surface area contributed by atoms with Crippen LogP contribution in [0.15, 0.2) is 0 Å². The molecule has 0 aromatic heterocycles. The number of hydrogen-bond acceptors (Lipinski definition) is 8. The summed E-state index contributed by atoms with van der Waals surface area (Å²) >= 11 is 0. The number of rotatable bonds is 22. The number of piperidine rings is 2. The van der Waals surface area contributed by atoms with Crippen LogP contribution in [0, 0.1) is 0 Å². The Bertz CT molecular complexity index is 809. The second kappa shape index (κ2) is 19.8. The molecular weight excluding hydrogens is 592 g/mol. The van der Waals surface area contributed by atoms with E-state index in [2.05, 4.69) is 79.4 Å². The Kier molecular flexibility index (Phi) is 17.7. The molecule has 2 rings (SSSR count). The van der Waals surface area contributed by atoms with E-state index in [4.69, 9.17) is 19.1 Å². The number of esters is 2. The molecule has 0 saturated carbocycles. The Morgan fingerprint density at radius 3 is 1.11 bits per heavy atom. The predicted octanol–water partition coefficient (Wildman–Crippen LogP) is 9.87. The Morgan fingerprint density at radius 2 is 0.787 bits per heavy atom. The molecule has 47 heavy (non-hydrogen) atoms. The number of ether oxygens (including phenoxy) is 2. The van der Waals surface area contributed by atoms with Crippen LogP contribution < -0.4 is 0 Å². The molecule has 0 N–H and O–H groups in total. The van der Waals surface area contributed by atoms with Gasteiger partial charge in [-0.1, -0.05) is 78.1 Å². The lowest BCUT2D eigenvalue weighted by Gasteiger charge is -2.53. The molecule has 8 nitrogen and oxygen atoms in total. The summed E-state index contributed by atoms with van der Waals surface area (Å²) in [6.07, 6.45) is 18.2. The molecule has 8 heteroatoms. The third-order valence-electron chi connectivity index (χ3n) is 9.90. The Balaban J connectivity index is 1.73. The van der Waals surface area contributed by atoms with E-state index in [9.17, 15) is 9.59 Å². The Labute approximate surface area is 289 Å². The molecule has 2 heterocycles. The third-order valence-corrected chi connectivity index (χ3v) is 9.90. The van der Waals surface area contributed by atoms with Crippen LogP contribution in [0.2, 0.25) is 0 Å². The zero-order chi connectivity index (χ0) is 35.1. The Morgan fingerprint density at radius 1 is 0.489 bits per heavy atom. The largest absolute Gasteiger partial charge is 0.462 e. The van der Waals surface area contributed by atoms with E-state index in [1.54, 1.807) is 0 Å². The van der Waals surface area contributed by atoms with Crippen molar-refractivity contribution in [3.8, 4) is 0 Å². The average Bonchev–Trinajstić information content (AvgIpc) is 2.93. The van der Waals surface area contributed by atoms with E-state index < -0.39 is 0 Å². The molecule has 0 amide bonds. The van der Waals surface area contributed by atoms with Crippen LogP contribution in [0.1, 0.15) is 191 Å². The fourth-order valence-electron chi connectivity index (χ4n) is 8.15. The summed E-state index contributed by atoms with van der Waals surface area (Å²) in [7, 11) is 0. The van der Waals surface area contributed by atoms with Crippen LogP contribution in [0.3, 0.4) is 0 Å². The molecule has 0 bridgehead atoms. The van der Waals surface area contributed by atoms with Gasteiger partial charge >= 0.3 is 11.9 Å². The lowest BCUT2D eigenvalue weighted by atomic mass is 9.80. The van der Waals surface area contributed by atoms with E-state index in [0.29, 0.717) is 32.1 Å². The summed E-state index contributed by atoms with van der Waals surface area (Å²) in [5.41, 5.74) is -1.02. The maximum Gasteiger partial charge on any atom is 0.306 e. The van der Waals surface area contributed by atoms with Crippen molar-refractivity contribution in [3.63, 3.8) is 0 Å². The molecule has 0 spiro atoms. The highest BCUT2D eigenvalue weighted by Gasteiger charge is 2.49. The van der Waals surface area contributed by atoms with Crippen LogP contribution >= 0.6 is 0 Å². The molecule has 2 fully saturated rings. The van der Waals surface area contributed by atoms with E-state index in [-0.39, 0.29) is 59.1 Å². The van der Waals surface area contributed by atoms with Gasteiger partial charge < -0.3 is 9.47 Å². The second-order valence-electron chi connectivity index (χ2n) is 16.9. The quantitative estimate of drug-likeness (QED) is 0.0835. The van der Waals surface area contributed by atoms with Crippen molar-refractivity contribution in [1.29, 1.82) is 0 Å². The molecule has 0 aromatic carbocycles. The minimum atomic E-state index is -0.255. The maximum atomic E-state index is 12.8. The highest BCUT2D eigenvalue weighted by molar-refractivity contribution is 5.72. The van der Waals surface area contributed by atoms with E-state index in [1.165, 1.54) is 64.2 Å². The molecule has 0 aliphatic carbocycles. The van der Waals surface area contributed by atoms with Gasteiger partial charge in [0.05, 0.1) is 13.2 Å². The fourth-order valence-corrected chi connectivity index (χ4v) is 8.15. The van der Waals surface area contributed by atoms with Crippen LogP contribution in [0.5, 0.6) is 0 Å². The van der Waals surface area contributed by atoms with Crippen LogP contribution in [0.4, 0.5) is 0 Å². The lowest BCUT2D eigenvalue weighted by Crippen LogP contribution is -2.62. The SMILES string of the molecule is CCCCCCCCON1C(C)(C)CC(OC(=O)CCCC(=O)OC2CC(C)(C)N(OCCCCCCCC)C(C)(C)C2)CC1(C)C. The standard InChI is InChI=1S/C39H74N2O6/c1-11-13-15-17-19-21-26-44-40-36(3,4)28-32(29-37(40,5)6)46-34(42)24-23-25-35(43)47-33-30-38(7,8)41(39(9,10)31-33)45-27-22-20-18-16-14-12-2/h32-33H,11-31H2,1-10H3. The zero-order valence-corrected chi connectivity index (χ0v) is 32.3. The topological polar surface area (TPSA) is 77.5 Å². The van der Waals surface area contributed by atoms with Gasteiger partial charge in [0, 0.05) is 60.7 Å². The van der Waals surface area contributed by atoms with Crippen LogP contribution in [0.25, 0.3) is 0 Å². The summed E-state index contributed by atoms with van der Waals surface area (Å²) in [4.78, 5) is 38.3. The van der Waals surface area contributed by atoms with Crippen molar-refractivity contribution < 1.29 is 28.7 Å². The smallest absolute Gasteiger partial charge is 0.306 e. The first kappa shape index (κ1) is 41.9. The zero-order valence-electron chi connectivity index (χ0n) is 32.3. The third kappa shape index (κ3) is 14.7. The van der Waals surface area contributed by atoms with E-state index in [1.807, 2.05) is 0 Å². The van der Waals surface area contributed by atoms with E-state index in [0.717, 1.165) is 26.1 Å². The molecule has 276 valence electrons. The van der Waals surface area contributed by atoms with Gasteiger partial charge in [0.15, 0.2) is 0 Å². The summed E-state index contributed by atoms with van der Waals surface area (Å²) < 4.78 is 11.9. The number of nitrogens with zero attached hydrogens (tertiary/aromatic N) is 2. The average molecular weight is 667 g/mol. The van der Waals surface area contributed by atoms with Crippen molar-refractivity contribution in [1.82, 2.24) is 10.1 Å². The molecule has 0 atom stereocenters. The summed E-state index contributed by atoms with van der Waals surface area (Å²) in [6.45, 7) is 23.3. The van der Waals surface area contributed by atoms with Gasteiger partial charge in [-0.05, 0) is 74.7 Å². The highest BCUT2D eigenvalue weighted by atomic mass is 16.7. The number of unbranched alkanes of at least 4 members (excludes halogenated alkanes) is 10. The summed E-state index contributed by atoms with van der Waals surface area (Å²) in [6, 6.07) is 0. The van der Waals surface area contributed by atoms with Gasteiger partial charge in [0.2, 0.25) is 0 Å². The van der Waals surface area contributed by atoms with Crippen LogP contribution in [-0.4, -0.2) is 69.6 Å². The minimum Gasteiger partial charge on any atom is -0.462 e. The normalized spacial score (nSPS) is 21.5. The van der Waals surface area contributed by atoms with Crippen LogP contribution in [-0.2, 0) is 28.7 Å². The van der Waals surface area contributed by atoms with Crippen molar-refractivity contribution >= 4 is 11.9 Å². The fraction of sp³-hybridized carbons (Fsp3) is 0.949. The molecule has 2 aliphatic heterocycles. The van der Waals surface area contributed by atoms with Crippen molar-refractivity contribution in [2.45, 2.75) is 226 Å². The summed E-state index contributed by atoms with van der Waals surface area (Å²) in [5.74, 6) is -0.483. The van der Waals surface area contributed by atoms with E-state index >= 15 is 0 Å². The van der Waals surface area contributed by atoms with Gasteiger partial charge in [0.25, 0.3) is 0 Å². The first-order valence-corrected chi connectivity index (χ1v) is 19.3. The van der Waals surface area contributed by atoms with Gasteiger partial charge in [0.1, 0.15) is 12.2 Å². The Hall–Kier alpha value is -1.22. The van der Waals surface area contributed by atoms with Crippen molar-refractivity contribution in [2.75, 3.05) is 13.2 Å². The van der Waals surface area contributed by atoms with Gasteiger partial charge in [-0.3, -0.25) is 19.3 Å². The molecule has 0 radical (unpaired) electrons. The number of hydrogen-bond donors (Lipinski definition) is 0. The minimum absolute atomic E-state index is 0.175. The number of carbonyl (C=O) groups excluding carboxylic acids is 2. The summed E-state index contributed by atoms with van der Waals surface area (Å²) in [5, 5.41) is 4.28. The van der Waals surface area contributed by atoms with Gasteiger partial charge in [-0.25, -0.2) is 0 Å². The van der Waals surface area contributed by atoms with Crippen molar-refractivity contribution in [2.24, 2.45) is 0 Å². The maximum absolute atomic E-state index is 12.8. The highest BCUT2D eigenvalue weighted by Crippen LogP contribution is 2.41. The predicted molar refractivity (Wildman–Crippen MR) is 191 cm³/mol. The first-order valence-electron chi connectivity index (χ1n) is 19.3. The van der Waals surface area contributed by atoms with Gasteiger partial charge in [-0.15, -0.1) is 0 Å². The lowest BCUT2D eigenvalue weighted by molar-refractivity contribution is -0.293. The second-order valence-corrected chi connectivity index (χ2v) is 16.9.